The summed E-state index contributed by atoms with van der Waals surface area (Å²) in [6.45, 7) is 4.57. The Morgan fingerprint density at radius 3 is 2.00 bits per heavy atom. The Morgan fingerprint density at radius 1 is 1.08 bits per heavy atom. The van der Waals surface area contributed by atoms with E-state index < -0.39 is 8.60 Å². The fourth-order valence-corrected chi connectivity index (χ4v) is 1.47. The van der Waals surface area contributed by atoms with E-state index in [0.29, 0.717) is 13.2 Å². The maximum atomic E-state index is 5.34. The van der Waals surface area contributed by atoms with Crippen LogP contribution in [0.4, 0.5) is 0 Å². The first-order valence-electron chi connectivity index (χ1n) is 4.42. The lowest BCUT2D eigenvalue weighted by Crippen LogP contribution is -1.99. The quantitative estimate of drug-likeness (QED) is 0.349. The van der Waals surface area contributed by atoms with E-state index in [1.807, 2.05) is 13.8 Å². The number of hydrogen-bond acceptors (Lipinski definition) is 5. The average Bonchev–Trinajstić information content (AvgIpc) is 2.93. The molecule has 78 valence electrons. The Morgan fingerprint density at radius 2 is 1.62 bits per heavy atom. The Labute approximate surface area is 79.1 Å². The van der Waals surface area contributed by atoms with Crippen molar-refractivity contribution in [3.8, 4) is 0 Å². The predicted octanol–water partition coefficient (Wildman–Crippen LogP) is 2.33. The molecule has 6 heteroatoms. The minimum absolute atomic E-state index is 0.257. The van der Waals surface area contributed by atoms with Crippen LogP contribution in [-0.4, -0.2) is 19.3 Å². The summed E-state index contributed by atoms with van der Waals surface area (Å²) in [4.78, 5) is 9.44. The molecule has 5 nitrogen and oxygen atoms in total. The molecule has 1 saturated carbocycles. The molecule has 13 heavy (non-hydrogen) atoms. The molecule has 0 aliphatic heterocycles. The second kappa shape index (κ2) is 6.65. The fourth-order valence-electron chi connectivity index (χ4n) is 0.534. The molecule has 1 aliphatic carbocycles. The molecule has 1 aliphatic rings. The highest BCUT2D eigenvalue weighted by Crippen LogP contribution is 2.46. The van der Waals surface area contributed by atoms with E-state index in [0.717, 1.165) is 12.8 Å². The van der Waals surface area contributed by atoms with E-state index >= 15 is 0 Å². The molecule has 0 radical (unpaired) electrons. The van der Waals surface area contributed by atoms with Gasteiger partial charge in [-0.05, 0) is 26.7 Å². The highest BCUT2D eigenvalue weighted by atomic mass is 31.2. The van der Waals surface area contributed by atoms with Gasteiger partial charge in [-0.25, -0.2) is 9.78 Å². The molecule has 1 fully saturated rings. The zero-order valence-electron chi connectivity index (χ0n) is 7.89. The highest BCUT2D eigenvalue weighted by molar-refractivity contribution is 7.41. The van der Waals surface area contributed by atoms with Gasteiger partial charge in [0.05, 0.1) is 19.3 Å². The zero-order valence-corrected chi connectivity index (χ0v) is 8.79. The van der Waals surface area contributed by atoms with Crippen molar-refractivity contribution in [3.05, 3.63) is 0 Å². The molecule has 0 aromatic rings. The first kappa shape index (κ1) is 11.3. The van der Waals surface area contributed by atoms with Gasteiger partial charge in [-0.15, -0.1) is 0 Å². The van der Waals surface area contributed by atoms with Gasteiger partial charge in [-0.2, -0.15) is 9.35 Å². The Hall–Kier alpha value is 0.230. The van der Waals surface area contributed by atoms with Crippen LogP contribution in [0.15, 0.2) is 0 Å². The van der Waals surface area contributed by atoms with Crippen molar-refractivity contribution >= 4 is 8.60 Å². The van der Waals surface area contributed by atoms with Crippen LogP contribution >= 0.6 is 8.60 Å². The summed E-state index contributed by atoms with van der Waals surface area (Å²) < 4.78 is 15.0. The molecular formula is C7H15O5P. The maximum Gasteiger partial charge on any atom is 0.392 e. The summed E-state index contributed by atoms with van der Waals surface area (Å²) in [5, 5.41) is 0. The van der Waals surface area contributed by atoms with Gasteiger partial charge in [0, 0.05) is 0 Å². The van der Waals surface area contributed by atoms with Gasteiger partial charge >= 0.3 is 8.60 Å². The van der Waals surface area contributed by atoms with Crippen LogP contribution < -0.4 is 0 Å². The summed E-state index contributed by atoms with van der Waals surface area (Å²) in [5.41, 5.74) is 0. The van der Waals surface area contributed by atoms with Gasteiger partial charge in [-0.1, -0.05) is 0 Å². The largest absolute Gasteiger partial charge is 0.392 e. The molecule has 0 amide bonds. The van der Waals surface area contributed by atoms with Crippen molar-refractivity contribution in [2.75, 3.05) is 13.2 Å². The molecule has 0 heterocycles. The molecule has 0 saturated heterocycles. The van der Waals surface area contributed by atoms with Gasteiger partial charge in [0.15, 0.2) is 0 Å². The third-order valence-corrected chi connectivity index (χ3v) is 2.15. The van der Waals surface area contributed by atoms with Crippen LogP contribution in [0.2, 0.25) is 0 Å². The molecule has 0 N–H and O–H groups in total. The van der Waals surface area contributed by atoms with Crippen molar-refractivity contribution < 1.29 is 23.6 Å². The van der Waals surface area contributed by atoms with E-state index in [1.54, 1.807) is 0 Å². The van der Waals surface area contributed by atoms with Gasteiger partial charge in [0.25, 0.3) is 0 Å². The van der Waals surface area contributed by atoms with Crippen molar-refractivity contribution in [2.45, 2.75) is 32.8 Å². The predicted molar refractivity (Wildman–Crippen MR) is 46.4 cm³/mol. The lowest BCUT2D eigenvalue weighted by molar-refractivity contribution is -0.266. The first-order valence-corrected chi connectivity index (χ1v) is 5.52. The molecule has 1 rings (SSSR count). The second-order valence-electron chi connectivity index (χ2n) is 2.49. The lowest BCUT2D eigenvalue weighted by atomic mass is 10.9. The summed E-state index contributed by atoms with van der Waals surface area (Å²) in [5.74, 6) is 0. The Balaban J connectivity index is 2.08. The molecular weight excluding hydrogens is 195 g/mol. The van der Waals surface area contributed by atoms with E-state index in [2.05, 4.69) is 0 Å². The summed E-state index contributed by atoms with van der Waals surface area (Å²) in [7, 11) is -1.49. The van der Waals surface area contributed by atoms with E-state index in [1.165, 1.54) is 0 Å². The summed E-state index contributed by atoms with van der Waals surface area (Å²) >= 11 is 0. The van der Waals surface area contributed by atoms with Crippen LogP contribution in [0.5, 0.6) is 0 Å². The van der Waals surface area contributed by atoms with Crippen molar-refractivity contribution in [1.29, 1.82) is 0 Å². The smallest absolute Gasteiger partial charge is 0.306 e. The molecule has 0 aromatic heterocycles. The maximum absolute atomic E-state index is 5.34. The van der Waals surface area contributed by atoms with Gasteiger partial charge in [-0.3, -0.25) is 0 Å². The topological polar surface area (TPSA) is 46.2 Å². The van der Waals surface area contributed by atoms with Gasteiger partial charge < -0.3 is 4.52 Å². The van der Waals surface area contributed by atoms with Crippen molar-refractivity contribution in [3.63, 3.8) is 0 Å². The first-order chi connectivity index (χ1) is 6.36. The van der Waals surface area contributed by atoms with Gasteiger partial charge in [0.1, 0.15) is 0 Å². The SMILES string of the molecule is CCOOP(OOCC)OC1CC1. The minimum Gasteiger partial charge on any atom is -0.306 e. The van der Waals surface area contributed by atoms with Crippen molar-refractivity contribution in [2.24, 2.45) is 0 Å². The third-order valence-electron chi connectivity index (χ3n) is 1.22. The summed E-state index contributed by atoms with van der Waals surface area (Å²) in [6.07, 6.45) is 2.38. The van der Waals surface area contributed by atoms with Crippen LogP contribution in [0, 0.1) is 0 Å². The molecule has 0 spiro atoms. The second-order valence-corrected chi connectivity index (χ2v) is 3.45. The van der Waals surface area contributed by atoms with E-state index in [9.17, 15) is 0 Å². The molecule has 0 unspecified atom stereocenters. The molecule has 0 aromatic carbocycles. The molecule has 0 bridgehead atoms. The van der Waals surface area contributed by atoms with Crippen LogP contribution in [-0.2, 0) is 23.6 Å². The number of hydrogen-bond donors (Lipinski definition) is 0. The normalized spacial score (nSPS) is 16.8. The average molecular weight is 210 g/mol. The van der Waals surface area contributed by atoms with Crippen LogP contribution in [0.25, 0.3) is 0 Å². The van der Waals surface area contributed by atoms with Crippen LogP contribution in [0.3, 0.4) is 0 Å². The highest BCUT2D eigenvalue weighted by Gasteiger charge is 2.29. The van der Waals surface area contributed by atoms with Crippen molar-refractivity contribution in [1.82, 2.24) is 0 Å². The Bertz CT molecular complexity index is 122. The zero-order chi connectivity index (χ0) is 9.52. The fraction of sp³-hybridized carbons (Fsp3) is 1.00. The Kier molecular flexibility index (Phi) is 5.78. The third kappa shape index (κ3) is 5.52. The van der Waals surface area contributed by atoms with E-state index in [-0.39, 0.29) is 6.10 Å². The van der Waals surface area contributed by atoms with E-state index in [4.69, 9.17) is 23.6 Å². The number of rotatable bonds is 8. The van der Waals surface area contributed by atoms with Gasteiger partial charge in [0.2, 0.25) is 0 Å². The standard InChI is InChI=1S/C7H15O5P/c1-3-8-11-13(12-9-4-2)10-7-5-6-7/h7H,3-6H2,1-2H3. The monoisotopic (exact) mass is 210 g/mol. The lowest BCUT2D eigenvalue weighted by Gasteiger charge is -2.12. The minimum atomic E-state index is -1.49. The summed E-state index contributed by atoms with van der Waals surface area (Å²) in [6, 6.07) is 0. The van der Waals surface area contributed by atoms with Crippen LogP contribution in [0.1, 0.15) is 26.7 Å². The molecule has 0 atom stereocenters.